The van der Waals surface area contributed by atoms with Crippen molar-refractivity contribution in [2.45, 2.75) is 51.7 Å². The number of carbonyl (C=O) groups excluding carboxylic acids is 2. The van der Waals surface area contributed by atoms with Crippen LogP contribution < -0.4 is 14.4 Å². The first-order valence-electron chi connectivity index (χ1n) is 11.7. The maximum absolute atomic E-state index is 12.7. The molecule has 2 aliphatic rings. The molecule has 0 bridgehead atoms. The molecule has 4 rings (SSSR count). The molecule has 1 saturated carbocycles. The predicted molar refractivity (Wildman–Crippen MR) is 126 cm³/mol. The normalized spacial score (nSPS) is 17.5. The van der Waals surface area contributed by atoms with E-state index in [4.69, 9.17) is 23.7 Å². The molecule has 188 valence electrons. The minimum absolute atomic E-state index is 0.0971. The topological polar surface area (TPSA) is 109 Å². The first-order chi connectivity index (χ1) is 16.7. The lowest BCUT2D eigenvalue weighted by Crippen LogP contribution is -2.38. The summed E-state index contributed by atoms with van der Waals surface area (Å²) in [5.74, 6) is 1.30. The van der Waals surface area contributed by atoms with Crippen molar-refractivity contribution in [1.82, 2.24) is 9.97 Å². The molecule has 35 heavy (non-hydrogen) atoms. The Morgan fingerprint density at radius 2 is 1.86 bits per heavy atom. The van der Waals surface area contributed by atoms with Gasteiger partial charge in [0.1, 0.15) is 23.2 Å². The number of methoxy groups -OCH3 is 1. The van der Waals surface area contributed by atoms with Crippen molar-refractivity contribution in [1.29, 1.82) is 0 Å². The van der Waals surface area contributed by atoms with Crippen LogP contribution in [0.3, 0.4) is 0 Å². The summed E-state index contributed by atoms with van der Waals surface area (Å²) in [6.07, 6.45) is 5.25. The van der Waals surface area contributed by atoms with E-state index in [-0.39, 0.29) is 17.5 Å². The highest BCUT2D eigenvalue weighted by Crippen LogP contribution is 2.32. The van der Waals surface area contributed by atoms with Crippen LogP contribution in [0.5, 0.6) is 17.4 Å². The fourth-order valence-electron chi connectivity index (χ4n) is 3.49. The Bertz CT molecular complexity index is 1040. The molecule has 2 heterocycles. The summed E-state index contributed by atoms with van der Waals surface area (Å²) in [4.78, 5) is 35.1. The van der Waals surface area contributed by atoms with E-state index in [0.717, 1.165) is 19.3 Å². The minimum Gasteiger partial charge on any atom is -0.488 e. The second kappa shape index (κ2) is 10.5. The van der Waals surface area contributed by atoms with E-state index in [0.29, 0.717) is 43.0 Å². The van der Waals surface area contributed by atoms with Crippen LogP contribution in [-0.2, 0) is 14.2 Å². The molecular formula is C25H31N3O7. The van der Waals surface area contributed by atoms with Crippen LogP contribution in [0.25, 0.3) is 0 Å². The molecule has 1 amide bonds. The minimum atomic E-state index is -0.621. The number of hydrogen-bond acceptors (Lipinski definition) is 9. The van der Waals surface area contributed by atoms with E-state index in [1.54, 1.807) is 18.2 Å². The number of anilines is 1. The molecule has 0 N–H and O–H groups in total. The van der Waals surface area contributed by atoms with E-state index in [1.165, 1.54) is 24.4 Å². The Kier molecular flexibility index (Phi) is 7.39. The summed E-state index contributed by atoms with van der Waals surface area (Å²) < 4.78 is 27.5. The molecule has 1 aliphatic heterocycles. The summed E-state index contributed by atoms with van der Waals surface area (Å²) in [5.41, 5.74) is -0.339. The van der Waals surface area contributed by atoms with Crippen molar-refractivity contribution in [2.75, 3.05) is 31.8 Å². The number of amides is 1. The van der Waals surface area contributed by atoms with Gasteiger partial charge >= 0.3 is 12.1 Å². The quantitative estimate of drug-likeness (QED) is 0.503. The molecule has 10 heteroatoms. The Labute approximate surface area is 204 Å². The smallest absolute Gasteiger partial charge is 0.416 e. The lowest BCUT2D eigenvalue weighted by atomic mass is 10.2. The summed E-state index contributed by atoms with van der Waals surface area (Å²) in [7, 11) is 1.31. The van der Waals surface area contributed by atoms with Crippen molar-refractivity contribution < 1.29 is 33.3 Å². The van der Waals surface area contributed by atoms with Gasteiger partial charge in [0.25, 0.3) is 0 Å². The number of esters is 1. The molecule has 2 aromatic rings. The predicted octanol–water partition coefficient (Wildman–Crippen LogP) is 4.37. The third-order valence-electron chi connectivity index (χ3n) is 5.36. The van der Waals surface area contributed by atoms with Gasteiger partial charge in [-0.15, -0.1) is 0 Å². The highest BCUT2D eigenvalue weighted by Gasteiger charge is 2.31. The fourth-order valence-corrected chi connectivity index (χ4v) is 3.49. The highest BCUT2D eigenvalue weighted by molar-refractivity contribution is 5.90. The van der Waals surface area contributed by atoms with Crippen molar-refractivity contribution in [3.05, 3.63) is 36.2 Å². The zero-order chi connectivity index (χ0) is 25.0. The number of rotatable bonds is 8. The standard InChI is InChI=1S/C25H31N3O7/c1-25(2,3)35-24(30)28(14-16-5-6-16)21-12-27-22(13-26-21)34-20-10-17(23(29)31-4)9-19(11-20)33-18-7-8-32-15-18/h9-13,16,18H,5-8,14-15H2,1-4H3/t18-/m0/s1. The van der Waals surface area contributed by atoms with E-state index in [9.17, 15) is 9.59 Å². The van der Waals surface area contributed by atoms with Crippen LogP contribution in [-0.4, -0.2) is 60.6 Å². The van der Waals surface area contributed by atoms with E-state index < -0.39 is 17.7 Å². The molecule has 1 aromatic carbocycles. The monoisotopic (exact) mass is 485 g/mol. The lowest BCUT2D eigenvalue weighted by Gasteiger charge is -2.26. The van der Waals surface area contributed by atoms with Gasteiger partial charge in [-0.05, 0) is 51.7 Å². The van der Waals surface area contributed by atoms with Gasteiger partial charge in [0.2, 0.25) is 5.88 Å². The Morgan fingerprint density at radius 3 is 2.46 bits per heavy atom. The molecule has 10 nitrogen and oxygen atoms in total. The van der Waals surface area contributed by atoms with Crippen molar-refractivity contribution >= 4 is 17.9 Å². The van der Waals surface area contributed by atoms with E-state index in [1.807, 2.05) is 20.8 Å². The lowest BCUT2D eigenvalue weighted by molar-refractivity contribution is 0.0573. The maximum Gasteiger partial charge on any atom is 0.416 e. The zero-order valence-electron chi connectivity index (χ0n) is 20.5. The first kappa shape index (κ1) is 24.7. The van der Waals surface area contributed by atoms with Crippen molar-refractivity contribution in [2.24, 2.45) is 5.92 Å². The molecule has 0 spiro atoms. The SMILES string of the molecule is COC(=O)c1cc(Oc2cnc(N(CC3CC3)C(=O)OC(C)(C)C)cn2)cc(O[C@H]2CCOC2)c1. The van der Waals surface area contributed by atoms with E-state index >= 15 is 0 Å². The molecule has 1 aromatic heterocycles. The molecule has 1 aliphatic carbocycles. The van der Waals surface area contributed by atoms with E-state index in [2.05, 4.69) is 9.97 Å². The Morgan fingerprint density at radius 1 is 1.09 bits per heavy atom. The van der Waals surface area contributed by atoms with Gasteiger partial charge in [-0.2, -0.15) is 0 Å². The first-order valence-corrected chi connectivity index (χ1v) is 11.7. The average Bonchev–Trinajstić information content (AvgIpc) is 3.49. The Balaban J connectivity index is 1.51. The summed E-state index contributed by atoms with van der Waals surface area (Å²) in [6.45, 7) is 7.11. The van der Waals surface area contributed by atoms with Crippen LogP contribution in [0, 0.1) is 5.92 Å². The average molecular weight is 486 g/mol. The van der Waals surface area contributed by atoms with Gasteiger partial charge in [0.15, 0.2) is 5.82 Å². The summed E-state index contributed by atoms with van der Waals surface area (Å²) >= 11 is 0. The third-order valence-corrected chi connectivity index (χ3v) is 5.36. The fraction of sp³-hybridized carbons (Fsp3) is 0.520. The zero-order valence-corrected chi connectivity index (χ0v) is 20.5. The number of carbonyl (C=O) groups is 2. The van der Waals surface area contributed by atoms with Gasteiger partial charge in [0.05, 0.1) is 38.3 Å². The van der Waals surface area contributed by atoms with Crippen LogP contribution >= 0.6 is 0 Å². The molecule has 0 radical (unpaired) electrons. The van der Waals surface area contributed by atoms with Gasteiger partial charge in [0, 0.05) is 19.0 Å². The van der Waals surface area contributed by atoms with Crippen molar-refractivity contribution in [3.8, 4) is 17.4 Å². The number of hydrogen-bond donors (Lipinski definition) is 0. The van der Waals surface area contributed by atoms with Gasteiger partial charge in [-0.25, -0.2) is 19.6 Å². The highest BCUT2D eigenvalue weighted by atomic mass is 16.6. The number of benzene rings is 1. The summed E-state index contributed by atoms with van der Waals surface area (Å²) in [5, 5.41) is 0. The number of nitrogens with zero attached hydrogens (tertiary/aromatic N) is 3. The molecule has 1 atom stereocenters. The van der Waals surface area contributed by atoms with Crippen LogP contribution in [0.4, 0.5) is 10.6 Å². The van der Waals surface area contributed by atoms with Gasteiger partial charge in [-0.3, -0.25) is 4.90 Å². The second-order valence-electron chi connectivity index (χ2n) is 9.64. The molecule has 1 saturated heterocycles. The van der Waals surface area contributed by atoms with Crippen LogP contribution in [0.2, 0.25) is 0 Å². The third kappa shape index (κ3) is 7.05. The Hall–Kier alpha value is -3.40. The summed E-state index contributed by atoms with van der Waals surface area (Å²) in [6, 6.07) is 4.81. The molecule has 0 unspecified atom stereocenters. The van der Waals surface area contributed by atoms with Gasteiger partial charge in [-0.1, -0.05) is 0 Å². The van der Waals surface area contributed by atoms with Crippen molar-refractivity contribution in [3.63, 3.8) is 0 Å². The molecule has 2 fully saturated rings. The number of aromatic nitrogens is 2. The second-order valence-corrected chi connectivity index (χ2v) is 9.64. The largest absolute Gasteiger partial charge is 0.488 e. The van der Waals surface area contributed by atoms with Crippen LogP contribution in [0.1, 0.15) is 50.4 Å². The number of ether oxygens (including phenoxy) is 5. The molecular weight excluding hydrogens is 454 g/mol. The maximum atomic E-state index is 12.7. The van der Waals surface area contributed by atoms with Gasteiger partial charge < -0.3 is 23.7 Å². The van der Waals surface area contributed by atoms with Crippen LogP contribution in [0.15, 0.2) is 30.6 Å².